The molecule has 2 aromatic rings. The van der Waals surface area contributed by atoms with Gasteiger partial charge >= 0.3 is 0 Å². The first-order chi connectivity index (χ1) is 8.33. The Hall–Kier alpha value is -0.830. The van der Waals surface area contributed by atoms with Gasteiger partial charge in [0.25, 0.3) is 0 Å². The number of hydrogen-bond acceptors (Lipinski definition) is 2. The van der Waals surface area contributed by atoms with Gasteiger partial charge in [-0.1, -0.05) is 29.8 Å². The second kappa shape index (κ2) is 4.81. The summed E-state index contributed by atoms with van der Waals surface area (Å²) in [5.74, 6) is 0. The number of rotatable bonds is 2. The van der Waals surface area contributed by atoms with E-state index in [0.717, 1.165) is 24.5 Å². The van der Waals surface area contributed by atoms with Gasteiger partial charge < -0.3 is 5.32 Å². The van der Waals surface area contributed by atoms with Crippen molar-refractivity contribution in [3.05, 3.63) is 56.2 Å². The maximum Gasteiger partial charge on any atom is 0.0441 e. The Morgan fingerprint density at radius 1 is 1.29 bits per heavy atom. The molecule has 1 aliphatic rings. The summed E-state index contributed by atoms with van der Waals surface area (Å²) >= 11 is 8.13. The molecule has 1 aromatic carbocycles. The summed E-state index contributed by atoms with van der Waals surface area (Å²) < 4.78 is 0. The fraction of sp³-hybridized carbons (Fsp3) is 0.286. The molecule has 1 N–H and O–H groups in total. The van der Waals surface area contributed by atoms with Crippen LogP contribution in [0.25, 0.3) is 0 Å². The first-order valence-corrected chi connectivity index (χ1v) is 7.07. The van der Waals surface area contributed by atoms with Crippen molar-refractivity contribution in [1.29, 1.82) is 0 Å². The van der Waals surface area contributed by atoms with Gasteiger partial charge in [-0.3, -0.25) is 0 Å². The smallest absolute Gasteiger partial charge is 0.0441 e. The highest BCUT2D eigenvalue weighted by Gasteiger charge is 2.13. The Morgan fingerprint density at radius 2 is 2.18 bits per heavy atom. The van der Waals surface area contributed by atoms with Crippen molar-refractivity contribution in [2.75, 3.05) is 6.54 Å². The van der Waals surface area contributed by atoms with E-state index in [1.165, 1.54) is 22.4 Å². The summed E-state index contributed by atoms with van der Waals surface area (Å²) in [7, 11) is 0. The van der Waals surface area contributed by atoms with Gasteiger partial charge in [0.15, 0.2) is 0 Å². The van der Waals surface area contributed by atoms with Crippen LogP contribution < -0.4 is 5.32 Å². The molecule has 3 heteroatoms. The van der Waals surface area contributed by atoms with Crippen LogP contribution in [-0.4, -0.2) is 6.54 Å². The van der Waals surface area contributed by atoms with Gasteiger partial charge in [-0.05, 0) is 29.7 Å². The van der Waals surface area contributed by atoms with Crippen LogP contribution in [0.15, 0.2) is 30.3 Å². The number of benzene rings is 1. The predicted octanol–water partition coefficient (Wildman–Crippen LogP) is 3.64. The zero-order valence-electron chi connectivity index (χ0n) is 9.50. The lowest BCUT2D eigenvalue weighted by atomic mass is 10.1. The number of nitrogens with one attached hydrogen (secondary N) is 1. The van der Waals surface area contributed by atoms with Crippen LogP contribution in [0, 0.1) is 0 Å². The predicted molar refractivity (Wildman–Crippen MR) is 74.0 cm³/mol. The van der Waals surface area contributed by atoms with E-state index in [-0.39, 0.29) is 0 Å². The molecule has 0 saturated carbocycles. The molecule has 0 unspecified atom stereocenters. The minimum atomic E-state index is 0.872. The average Bonchev–Trinajstić information content (AvgIpc) is 2.74. The van der Waals surface area contributed by atoms with Crippen molar-refractivity contribution in [1.82, 2.24) is 5.32 Å². The molecule has 0 fully saturated rings. The van der Waals surface area contributed by atoms with Crippen molar-refractivity contribution >= 4 is 22.9 Å². The summed E-state index contributed by atoms with van der Waals surface area (Å²) in [4.78, 5) is 2.97. The standard InChI is InChI=1S/C14H14ClNS/c15-13-4-2-1-3-10(13)7-12-8-11-9-16-6-5-14(11)17-12/h1-4,8,16H,5-7,9H2. The molecular formula is C14H14ClNS. The van der Waals surface area contributed by atoms with Crippen LogP contribution in [0.5, 0.6) is 0 Å². The molecular weight excluding hydrogens is 250 g/mol. The lowest BCUT2D eigenvalue weighted by Gasteiger charge is -2.10. The third kappa shape index (κ3) is 2.39. The van der Waals surface area contributed by atoms with E-state index in [2.05, 4.69) is 23.5 Å². The molecule has 1 nitrogen and oxygen atoms in total. The maximum atomic E-state index is 6.19. The molecule has 1 aliphatic heterocycles. The topological polar surface area (TPSA) is 12.0 Å². The van der Waals surface area contributed by atoms with Gasteiger partial charge in [0.05, 0.1) is 0 Å². The fourth-order valence-corrected chi connectivity index (χ4v) is 3.65. The average molecular weight is 264 g/mol. The number of hydrogen-bond donors (Lipinski definition) is 1. The Morgan fingerprint density at radius 3 is 3.00 bits per heavy atom. The zero-order valence-corrected chi connectivity index (χ0v) is 11.1. The van der Waals surface area contributed by atoms with Gasteiger partial charge in [-0.15, -0.1) is 11.3 Å². The van der Waals surface area contributed by atoms with Crippen molar-refractivity contribution in [3.63, 3.8) is 0 Å². The Kier molecular flexibility index (Phi) is 3.19. The SMILES string of the molecule is Clc1ccccc1Cc1cc2c(s1)CCNC2. The first-order valence-electron chi connectivity index (χ1n) is 5.87. The third-order valence-corrected chi connectivity index (χ3v) is 4.72. The molecule has 0 spiro atoms. The number of thiophene rings is 1. The fourth-order valence-electron chi connectivity index (χ4n) is 2.23. The van der Waals surface area contributed by atoms with E-state index >= 15 is 0 Å². The van der Waals surface area contributed by atoms with Crippen LogP contribution in [0.2, 0.25) is 5.02 Å². The summed E-state index contributed by atoms with van der Waals surface area (Å²) in [6.45, 7) is 2.13. The van der Waals surface area contributed by atoms with E-state index in [0.29, 0.717) is 0 Å². The van der Waals surface area contributed by atoms with E-state index < -0.39 is 0 Å². The lowest BCUT2D eigenvalue weighted by molar-refractivity contribution is 0.652. The number of halogens is 1. The highest BCUT2D eigenvalue weighted by atomic mass is 35.5. The molecule has 0 saturated heterocycles. The van der Waals surface area contributed by atoms with Crippen LogP contribution in [0.4, 0.5) is 0 Å². The van der Waals surface area contributed by atoms with Crippen molar-refractivity contribution < 1.29 is 0 Å². The normalized spacial score (nSPS) is 14.6. The maximum absolute atomic E-state index is 6.19. The Balaban J connectivity index is 1.86. The minimum absolute atomic E-state index is 0.872. The molecule has 88 valence electrons. The molecule has 0 atom stereocenters. The quantitative estimate of drug-likeness (QED) is 0.872. The van der Waals surface area contributed by atoms with Crippen LogP contribution in [-0.2, 0) is 19.4 Å². The molecule has 0 radical (unpaired) electrons. The first kappa shape index (κ1) is 11.3. The van der Waals surface area contributed by atoms with Crippen molar-refractivity contribution in [2.45, 2.75) is 19.4 Å². The van der Waals surface area contributed by atoms with Crippen LogP contribution >= 0.6 is 22.9 Å². The summed E-state index contributed by atoms with van der Waals surface area (Å²) in [6, 6.07) is 10.4. The Bertz CT molecular complexity index is 509. The minimum Gasteiger partial charge on any atom is -0.312 e. The van der Waals surface area contributed by atoms with Crippen molar-refractivity contribution in [3.8, 4) is 0 Å². The summed E-state index contributed by atoms with van der Waals surface area (Å²) in [5, 5.41) is 4.28. The highest BCUT2D eigenvalue weighted by Crippen LogP contribution is 2.28. The van der Waals surface area contributed by atoms with Gasteiger partial charge in [0, 0.05) is 34.3 Å². The van der Waals surface area contributed by atoms with Gasteiger partial charge in [0.1, 0.15) is 0 Å². The zero-order chi connectivity index (χ0) is 11.7. The Labute approximate surface area is 110 Å². The van der Waals surface area contributed by atoms with Gasteiger partial charge in [-0.2, -0.15) is 0 Å². The second-order valence-electron chi connectivity index (χ2n) is 4.36. The van der Waals surface area contributed by atoms with Crippen molar-refractivity contribution in [2.24, 2.45) is 0 Å². The number of fused-ring (bicyclic) bond motifs is 1. The third-order valence-electron chi connectivity index (χ3n) is 3.11. The molecule has 2 heterocycles. The van der Waals surface area contributed by atoms with E-state index in [1.807, 2.05) is 23.5 Å². The van der Waals surface area contributed by atoms with Gasteiger partial charge in [0.2, 0.25) is 0 Å². The summed E-state index contributed by atoms with van der Waals surface area (Å²) in [5.41, 5.74) is 2.70. The van der Waals surface area contributed by atoms with E-state index in [1.54, 1.807) is 4.88 Å². The molecule has 0 bridgehead atoms. The monoisotopic (exact) mass is 263 g/mol. The van der Waals surface area contributed by atoms with Crippen LogP contribution in [0.1, 0.15) is 20.9 Å². The molecule has 17 heavy (non-hydrogen) atoms. The van der Waals surface area contributed by atoms with Gasteiger partial charge in [-0.25, -0.2) is 0 Å². The molecule has 1 aromatic heterocycles. The lowest BCUT2D eigenvalue weighted by Crippen LogP contribution is -2.21. The van der Waals surface area contributed by atoms with E-state index in [4.69, 9.17) is 11.6 Å². The van der Waals surface area contributed by atoms with E-state index in [9.17, 15) is 0 Å². The second-order valence-corrected chi connectivity index (χ2v) is 5.98. The molecule has 3 rings (SSSR count). The molecule has 0 aliphatic carbocycles. The van der Waals surface area contributed by atoms with Crippen LogP contribution in [0.3, 0.4) is 0 Å². The molecule has 0 amide bonds. The largest absolute Gasteiger partial charge is 0.312 e. The highest BCUT2D eigenvalue weighted by molar-refractivity contribution is 7.12. The summed E-state index contributed by atoms with van der Waals surface area (Å²) in [6.07, 6.45) is 2.12.